The first kappa shape index (κ1) is 14.3. The lowest BCUT2D eigenvalue weighted by Crippen LogP contribution is -2.45. The van der Waals surface area contributed by atoms with Crippen LogP contribution in [0.2, 0.25) is 0 Å². The Morgan fingerprint density at radius 1 is 1.32 bits per heavy atom. The van der Waals surface area contributed by atoms with Gasteiger partial charge in [0, 0.05) is 11.7 Å². The Bertz CT molecular complexity index is 557. The zero-order chi connectivity index (χ0) is 14.0. The Balaban J connectivity index is 2.22. The van der Waals surface area contributed by atoms with Gasteiger partial charge in [0.1, 0.15) is 0 Å². The van der Waals surface area contributed by atoms with E-state index in [9.17, 15) is 13.5 Å². The molecular formula is C13H20N2O3S. The van der Waals surface area contributed by atoms with E-state index >= 15 is 0 Å². The topological polar surface area (TPSA) is 92.4 Å². The van der Waals surface area contributed by atoms with E-state index in [0.717, 1.165) is 12.8 Å². The number of benzene rings is 1. The molecule has 6 heteroatoms. The summed E-state index contributed by atoms with van der Waals surface area (Å²) in [6, 6.07) is 4.31. The van der Waals surface area contributed by atoms with Crippen LogP contribution in [0.5, 0.6) is 0 Å². The van der Waals surface area contributed by atoms with Gasteiger partial charge in [-0.25, -0.2) is 13.1 Å². The number of aliphatic hydroxyl groups excluding tert-OH is 1. The summed E-state index contributed by atoms with van der Waals surface area (Å²) in [7, 11) is -3.61. The summed E-state index contributed by atoms with van der Waals surface area (Å²) in [5.41, 5.74) is 6.77. The maximum Gasteiger partial charge on any atom is 0.241 e. The van der Waals surface area contributed by atoms with Crippen molar-refractivity contribution in [3.63, 3.8) is 0 Å². The van der Waals surface area contributed by atoms with Crippen molar-refractivity contribution in [2.75, 3.05) is 5.73 Å². The van der Waals surface area contributed by atoms with Gasteiger partial charge in [-0.15, -0.1) is 0 Å². The molecule has 0 radical (unpaired) electrons. The molecule has 0 amide bonds. The number of hydrogen-bond acceptors (Lipinski definition) is 4. The molecule has 5 nitrogen and oxygen atoms in total. The fraction of sp³-hybridized carbons (Fsp3) is 0.538. The number of nitrogens with one attached hydrogen (secondary N) is 1. The van der Waals surface area contributed by atoms with Crippen LogP contribution >= 0.6 is 0 Å². The molecule has 2 rings (SSSR count). The van der Waals surface area contributed by atoms with Crippen molar-refractivity contribution in [3.8, 4) is 0 Å². The fourth-order valence-electron chi connectivity index (χ4n) is 2.49. The monoisotopic (exact) mass is 284 g/mol. The molecule has 0 saturated heterocycles. The van der Waals surface area contributed by atoms with Gasteiger partial charge in [-0.2, -0.15) is 0 Å². The van der Waals surface area contributed by atoms with E-state index in [4.69, 9.17) is 5.73 Å². The van der Waals surface area contributed by atoms with Gasteiger partial charge in [0.05, 0.1) is 11.0 Å². The van der Waals surface area contributed by atoms with Gasteiger partial charge in [-0.05, 0) is 43.5 Å². The van der Waals surface area contributed by atoms with Crippen LogP contribution in [0.1, 0.15) is 31.2 Å². The second kappa shape index (κ2) is 5.48. The molecule has 2 unspecified atom stereocenters. The molecule has 0 aromatic heterocycles. The Kier molecular flexibility index (Phi) is 4.13. The molecule has 1 aromatic rings. The lowest BCUT2D eigenvalue weighted by Gasteiger charge is -2.28. The Labute approximate surface area is 113 Å². The van der Waals surface area contributed by atoms with E-state index in [0.29, 0.717) is 24.1 Å². The van der Waals surface area contributed by atoms with Crippen LogP contribution in [-0.4, -0.2) is 25.7 Å². The molecule has 2 atom stereocenters. The van der Waals surface area contributed by atoms with Gasteiger partial charge < -0.3 is 10.8 Å². The molecule has 1 fully saturated rings. The van der Waals surface area contributed by atoms with Crippen molar-refractivity contribution >= 4 is 15.7 Å². The number of nitrogens with two attached hydrogens (primary N) is 1. The fourth-order valence-corrected chi connectivity index (χ4v) is 4.02. The second-order valence-corrected chi connectivity index (χ2v) is 6.79. The number of hydrogen-bond donors (Lipinski definition) is 3. The van der Waals surface area contributed by atoms with E-state index in [2.05, 4.69) is 4.72 Å². The highest BCUT2D eigenvalue weighted by atomic mass is 32.2. The van der Waals surface area contributed by atoms with Crippen LogP contribution in [0.15, 0.2) is 23.1 Å². The van der Waals surface area contributed by atoms with Gasteiger partial charge in [-0.1, -0.05) is 12.8 Å². The Hall–Kier alpha value is -1.11. The third-order valence-electron chi connectivity index (χ3n) is 3.52. The normalized spacial score (nSPS) is 24.3. The van der Waals surface area contributed by atoms with Gasteiger partial charge in [0.2, 0.25) is 10.0 Å². The summed E-state index contributed by atoms with van der Waals surface area (Å²) in [6.07, 6.45) is 2.60. The van der Waals surface area contributed by atoms with Gasteiger partial charge in [0.25, 0.3) is 0 Å². The molecule has 0 aliphatic heterocycles. The Morgan fingerprint density at radius 3 is 2.63 bits per heavy atom. The average Bonchev–Trinajstić information content (AvgIpc) is 2.31. The molecule has 0 bridgehead atoms. The summed E-state index contributed by atoms with van der Waals surface area (Å²) < 4.78 is 27.2. The molecule has 1 aliphatic rings. The number of anilines is 1. The predicted molar refractivity (Wildman–Crippen MR) is 74.2 cm³/mol. The third-order valence-corrected chi connectivity index (χ3v) is 5.17. The minimum Gasteiger partial charge on any atom is -0.399 e. The SMILES string of the molecule is Cc1cc(N)ccc1S(=O)(=O)NC1CCCCC1O. The summed E-state index contributed by atoms with van der Waals surface area (Å²) >= 11 is 0. The van der Waals surface area contributed by atoms with Crippen molar-refractivity contribution in [3.05, 3.63) is 23.8 Å². The van der Waals surface area contributed by atoms with Crippen LogP contribution in [-0.2, 0) is 10.0 Å². The van der Waals surface area contributed by atoms with Crippen LogP contribution in [0.3, 0.4) is 0 Å². The molecule has 19 heavy (non-hydrogen) atoms. The maximum atomic E-state index is 12.3. The van der Waals surface area contributed by atoms with Crippen LogP contribution in [0.4, 0.5) is 5.69 Å². The number of nitrogen functional groups attached to an aromatic ring is 1. The van der Waals surface area contributed by atoms with Crippen LogP contribution in [0.25, 0.3) is 0 Å². The van der Waals surface area contributed by atoms with E-state index in [1.807, 2.05) is 0 Å². The molecule has 0 heterocycles. The first-order chi connectivity index (χ1) is 8.90. The van der Waals surface area contributed by atoms with E-state index in [1.54, 1.807) is 19.1 Å². The minimum absolute atomic E-state index is 0.222. The van der Waals surface area contributed by atoms with Crippen molar-refractivity contribution in [2.45, 2.75) is 49.6 Å². The highest BCUT2D eigenvalue weighted by Crippen LogP contribution is 2.22. The quantitative estimate of drug-likeness (QED) is 0.726. The largest absolute Gasteiger partial charge is 0.399 e. The van der Waals surface area contributed by atoms with Crippen LogP contribution in [0, 0.1) is 6.92 Å². The smallest absolute Gasteiger partial charge is 0.241 e. The van der Waals surface area contributed by atoms with E-state index < -0.39 is 22.2 Å². The standard InChI is InChI=1S/C13H20N2O3S/c1-9-8-10(14)6-7-13(9)19(17,18)15-11-4-2-3-5-12(11)16/h6-8,11-12,15-16H,2-5,14H2,1H3. The second-order valence-electron chi connectivity index (χ2n) is 5.10. The third kappa shape index (κ3) is 3.26. The summed E-state index contributed by atoms with van der Waals surface area (Å²) in [4.78, 5) is 0.222. The van der Waals surface area contributed by atoms with Crippen molar-refractivity contribution in [2.24, 2.45) is 0 Å². The molecule has 1 aromatic carbocycles. The number of sulfonamides is 1. The van der Waals surface area contributed by atoms with Crippen molar-refractivity contribution < 1.29 is 13.5 Å². The lowest BCUT2D eigenvalue weighted by atomic mass is 9.93. The van der Waals surface area contributed by atoms with Gasteiger partial charge in [0.15, 0.2) is 0 Å². The first-order valence-electron chi connectivity index (χ1n) is 6.46. The lowest BCUT2D eigenvalue weighted by molar-refractivity contribution is 0.101. The average molecular weight is 284 g/mol. The van der Waals surface area contributed by atoms with Crippen LogP contribution < -0.4 is 10.5 Å². The molecule has 106 valence electrons. The molecular weight excluding hydrogens is 264 g/mol. The van der Waals surface area contributed by atoms with Crippen molar-refractivity contribution in [1.29, 1.82) is 0 Å². The zero-order valence-electron chi connectivity index (χ0n) is 11.0. The molecule has 1 saturated carbocycles. The molecule has 1 aliphatic carbocycles. The molecule has 4 N–H and O–H groups in total. The van der Waals surface area contributed by atoms with Crippen molar-refractivity contribution in [1.82, 2.24) is 4.72 Å². The number of aliphatic hydroxyl groups is 1. The van der Waals surface area contributed by atoms with E-state index in [1.165, 1.54) is 6.07 Å². The summed E-state index contributed by atoms with van der Waals surface area (Å²) in [5.74, 6) is 0. The highest BCUT2D eigenvalue weighted by Gasteiger charge is 2.28. The highest BCUT2D eigenvalue weighted by molar-refractivity contribution is 7.89. The maximum absolute atomic E-state index is 12.3. The number of aryl methyl sites for hydroxylation is 1. The Morgan fingerprint density at radius 2 is 2.00 bits per heavy atom. The predicted octanol–water partition coefficient (Wildman–Crippen LogP) is 1.16. The first-order valence-corrected chi connectivity index (χ1v) is 7.95. The number of rotatable bonds is 3. The summed E-state index contributed by atoms with van der Waals surface area (Å²) in [5, 5.41) is 9.85. The minimum atomic E-state index is -3.61. The van der Waals surface area contributed by atoms with Gasteiger partial charge in [-0.3, -0.25) is 0 Å². The molecule has 0 spiro atoms. The summed E-state index contributed by atoms with van der Waals surface area (Å²) in [6.45, 7) is 1.71. The zero-order valence-corrected chi connectivity index (χ0v) is 11.8. The van der Waals surface area contributed by atoms with E-state index in [-0.39, 0.29) is 4.90 Å². The van der Waals surface area contributed by atoms with Gasteiger partial charge >= 0.3 is 0 Å².